The van der Waals surface area contributed by atoms with Gasteiger partial charge in [-0.2, -0.15) is 0 Å². The topological polar surface area (TPSA) is 0 Å². The van der Waals surface area contributed by atoms with Gasteiger partial charge in [-0.05, 0) is 85.4 Å². The van der Waals surface area contributed by atoms with Crippen LogP contribution in [0.3, 0.4) is 0 Å². The number of hydrogen-bond acceptors (Lipinski definition) is 0. The van der Waals surface area contributed by atoms with E-state index in [2.05, 4.69) is 27.4 Å². The molecule has 0 amide bonds. The Morgan fingerprint density at radius 1 is 0.950 bits per heavy atom. The second-order valence-electron chi connectivity index (χ2n) is 9.66. The molecule has 2 bridgehead atoms. The van der Waals surface area contributed by atoms with E-state index in [1.807, 2.05) is 0 Å². The maximum absolute atomic E-state index is 4.44. The zero-order chi connectivity index (χ0) is 14.2. The summed E-state index contributed by atoms with van der Waals surface area (Å²) in [5, 5.41) is 0. The molecule has 0 saturated heterocycles. The highest BCUT2D eigenvalue weighted by Gasteiger charge is 2.62. The molecule has 0 radical (unpaired) electrons. The Morgan fingerprint density at radius 3 is 2.45 bits per heavy atom. The minimum atomic E-state index is 0.586. The summed E-state index contributed by atoms with van der Waals surface area (Å²) in [7, 11) is 0. The van der Waals surface area contributed by atoms with E-state index in [0.29, 0.717) is 16.2 Å². The summed E-state index contributed by atoms with van der Waals surface area (Å²) in [5.74, 6) is 2.87. The normalized spacial score (nSPS) is 53.4. The molecule has 0 aliphatic heterocycles. The lowest BCUT2D eigenvalue weighted by atomic mass is 9.37. The Hall–Kier alpha value is -0.260. The van der Waals surface area contributed by atoms with E-state index in [9.17, 15) is 0 Å². The second-order valence-corrected chi connectivity index (χ2v) is 9.66. The molecule has 20 heavy (non-hydrogen) atoms. The molecule has 5 fully saturated rings. The maximum atomic E-state index is 4.44. The standard InChI is InChI=1S/C20H32/c1-14-13-20-10-6-15(14)12-17(20)19(4)9-5-8-18(2,3)16(19)7-11-20/h15-17H,1,5-13H2,2-4H3/t15?,16-,17+,19-,20-/m1/s1. The van der Waals surface area contributed by atoms with Gasteiger partial charge < -0.3 is 0 Å². The predicted molar refractivity (Wildman–Crippen MR) is 85.5 cm³/mol. The number of rotatable bonds is 0. The third-order valence-electron chi connectivity index (χ3n) is 8.41. The molecule has 1 unspecified atom stereocenters. The molecule has 0 aromatic rings. The summed E-state index contributed by atoms with van der Waals surface area (Å²) in [6.45, 7) is 12.3. The van der Waals surface area contributed by atoms with Crippen LogP contribution in [0.25, 0.3) is 0 Å². The van der Waals surface area contributed by atoms with Crippen molar-refractivity contribution in [3.05, 3.63) is 12.2 Å². The third kappa shape index (κ3) is 1.54. The van der Waals surface area contributed by atoms with Crippen molar-refractivity contribution < 1.29 is 0 Å². The molecule has 0 aromatic heterocycles. The maximum Gasteiger partial charge on any atom is -0.0202 e. The van der Waals surface area contributed by atoms with E-state index >= 15 is 0 Å². The molecular weight excluding hydrogens is 240 g/mol. The van der Waals surface area contributed by atoms with Gasteiger partial charge in [0.15, 0.2) is 0 Å². The van der Waals surface area contributed by atoms with E-state index < -0.39 is 0 Å². The fourth-order valence-electron chi connectivity index (χ4n) is 7.56. The molecular formula is C20H32. The minimum absolute atomic E-state index is 0.586. The fourth-order valence-corrected chi connectivity index (χ4v) is 7.56. The van der Waals surface area contributed by atoms with Gasteiger partial charge in [0, 0.05) is 0 Å². The Morgan fingerprint density at radius 2 is 1.70 bits per heavy atom. The smallest absolute Gasteiger partial charge is 0.0202 e. The molecule has 0 nitrogen and oxygen atoms in total. The SMILES string of the molecule is C=C1C[C@]23CCC1C[C@H]2[C@]1(C)CCCC(C)(C)[C@H]1CC3. The summed E-state index contributed by atoms with van der Waals surface area (Å²) in [6.07, 6.45) is 13.3. The first-order valence-corrected chi connectivity index (χ1v) is 9.05. The van der Waals surface area contributed by atoms with Crippen LogP contribution >= 0.6 is 0 Å². The molecule has 5 aliphatic rings. The Kier molecular flexibility index (Phi) is 2.63. The molecule has 0 aromatic carbocycles. The van der Waals surface area contributed by atoms with Gasteiger partial charge in [0.1, 0.15) is 0 Å². The van der Waals surface area contributed by atoms with Crippen molar-refractivity contribution in [2.24, 2.45) is 34.0 Å². The molecule has 0 heterocycles. The van der Waals surface area contributed by atoms with Crippen molar-refractivity contribution in [1.29, 1.82) is 0 Å². The predicted octanol–water partition coefficient (Wildman–Crippen LogP) is 5.98. The van der Waals surface area contributed by atoms with Gasteiger partial charge in [0.2, 0.25) is 0 Å². The van der Waals surface area contributed by atoms with E-state index in [-0.39, 0.29) is 0 Å². The van der Waals surface area contributed by atoms with E-state index in [0.717, 1.165) is 17.8 Å². The van der Waals surface area contributed by atoms with Gasteiger partial charge in [-0.1, -0.05) is 39.3 Å². The molecule has 112 valence electrons. The van der Waals surface area contributed by atoms with Crippen LogP contribution in [0, 0.1) is 34.0 Å². The van der Waals surface area contributed by atoms with Gasteiger partial charge in [-0.25, -0.2) is 0 Å². The zero-order valence-corrected chi connectivity index (χ0v) is 13.8. The van der Waals surface area contributed by atoms with Crippen molar-refractivity contribution in [2.45, 2.75) is 78.6 Å². The van der Waals surface area contributed by atoms with Gasteiger partial charge in [0.25, 0.3) is 0 Å². The van der Waals surface area contributed by atoms with Crippen LogP contribution in [-0.2, 0) is 0 Å². The Balaban J connectivity index is 1.75. The molecule has 5 aliphatic carbocycles. The largest absolute Gasteiger partial charge is 0.0996 e. The van der Waals surface area contributed by atoms with E-state index in [1.165, 1.54) is 57.8 Å². The van der Waals surface area contributed by atoms with Crippen molar-refractivity contribution in [3.8, 4) is 0 Å². The highest BCUT2D eigenvalue weighted by molar-refractivity contribution is 5.21. The van der Waals surface area contributed by atoms with Crippen molar-refractivity contribution >= 4 is 0 Å². The lowest BCUT2D eigenvalue weighted by molar-refractivity contribution is -0.167. The Bertz CT molecular complexity index is 445. The van der Waals surface area contributed by atoms with Gasteiger partial charge >= 0.3 is 0 Å². The minimum Gasteiger partial charge on any atom is -0.0996 e. The Labute approximate surface area is 125 Å². The van der Waals surface area contributed by atoms with Crippen LogP contribution < -0.4 is 0 Å². The van der Waals surface area contributed by atoms with Crippen LogP contribution in [-0.4, -0.2) is 0 Å². The number of hydrogen-bond donors (Lipinski definition) is 0. The van der Waals surface area contributed by atoms with Crippen molar-refractivity contribution in [2.75, 3.05) is 0 Å². The fraction of sp³-hybridized carbons (Fsp3) is 0.900. The quantitative estimate of drug-likeness (QED) is 0.476. The number of fused-ring (bicyclic) bond motifs is 3. The first-order valence-electron chi connectivity index (χ1n) is 9.05. The molecule has 5 saturated carbocycles. The monoisotopic (exact) mass is 272 g/mol. The molecule has 5 atom stereocenters. The van der Waals surface area contributed by atoms with Crippen LogP contribution in [0.5, 0.6) is 0 Å². The third-order valence-corrected chi connectivity index (χ3v) is 8.41. The lowest BCUT2D eigenvalue weighted by Crippen LogP contribution is -2.59. The highest BCUT2D eigenvalue weighted by atomic mass is 14.7. The van der Waals surface area contributed by atoms with E-state index in [4.69, 9.17) is 0 Å². The first kappa shape index (κ1) is 13.4. The van der Waals surface area contributed by atoms with Crippen LogP contribution in [0.2, 0.25) is 0 Å². The average Bonchev–Trinajstić information content (AvgIpc) is 2.37. The van der Waals surface area contributed by atoms with Crippen molar-refractivity contribution in [3.63, 3.8) is 0 Å². The highest BCUT2D eigenvalue weighted by Crippen LogP contribution is 2.71. The van der Waals surface area contributed by atoms with E-state index in [1.54, 1.807) is 5.57 Å². The van der Waals surface area contributed by atoms with Gasteiger partial charge in [-0.15, -0.1) is 0 Å². The van der Waals surface area contributed by atoms with Crippen LogP contribution in [0.1, 0.15) is 78.6 Å². The van der Waals surface area contributed by atoms with Crippen molar-refractivity contribution in [1.82, 2.24) is 0 Å². The molecule has 5 rings (SSSR count). The molecule has 1 spiro atoms. The second kappa shape index (κ2) is 3.93. The summed E-state index contributed by atoms with van der Waals surface area (Å²) >= 11 is 0. The lowest BCUT2D eigenvalue weighted by Gasteiger charge is -2.68. The summed E-state index contributed by atoms with van der Waals surface area (Å²) in [6, 6.07) is 0. The molecule has 0 N–H and O–H groups in total. The molecule has 0 heteroatoms. The van der Waals surface area contributed by atoms with Crippen LogP contribution in [0.4, 0.5) is 0 Å². The zero-order valence-electron chi connectivity index (χ0n) is 13.8. The van der Waals surface area contributed by atoms with Gasteiger partial charge in [-0.3, -0.25) is 0 Å². The average molecular weight is 272 g/mol. The number of allylic oxidation sites excluding steroid dienone is 1. The first-order chi connectivity index (χ1) is 9.37. The summed E-state index contributed by atoms with van der Waals surface area (Å²) < 4.78 is 0. The summed E-state index contributed by atoms with van der Waals surface area (Å²) in [4.78, 5) is 0. The van der Waals surface area contributed by atoms with Gasteiger partial charge in [0.05, 0.1) is 0 Å². The summed E-state index contributed by atoms with van der Waals surface area (Å²) in [5.41, 5.74) is 3.51. The van der Waals surface area contributed by atoms with Crippen LogP contribution in [0.15, 0.2) is 12.2 Å².